The van der Waals surface area contributed by atoms with Gasteiger partial charge in [-0.1, -0.05) is 29.5 Å². The Morgan fingerprint density at radius 1 is 1.14 bits per heavy atom. The third-order valence-corrected chi connectivity index (χ3v) is 5.42. The highest BCUT2D eigenvalue weighted by molar-refractivity contribution is 7.22. The number of carbonyl (C=O) groups is 1. The van der Waals surface area contributed by atoms with Gasteiger partial charge < -0.3 is 10.4 Å². The number of carboxylic acid groups (broad SMARTS) is 1. The summed E-state index contributed by atoms with van der Waals surface area (Å²) in [6.45, 7) is 0. The van der Waals surface area contributed by atoms with Crippen LogP contribution in [-0.2, 0) is 4.79 Å². The molecule has 1 aliphatic carbocycles. The van der Waals surface area contributed by atoms with Gasteiger partial charge in [0.1, 0.15) is 17.5 Å². The fraction of sp³-hybridized carbons (Fsp3) is 0.100. The Bertz CT molecular complexity index is 1140. The molecule has 0 fully saturated rings. The van der Waals surface area contributed by atoms with Crippen molar-refractivity contribution in [2.24, 2.45) is 0 Å². The van der Waals surface area contributed by atoms with Crippen LogP contribution in [0, 0.1) is 11.6 Å². The van der Waals surface area contributed by atoms with Gasteiger partial charge in [-0.25, -0.2) is 22.9 Å². The lowest BCUT2D eigenvalue weighted by atomic mass is 9.85. The number of fused-ring (bicyclic) bond motifs is 1. The van der Waals surface area contributed by atoms with Gasteiger partial charge in [-0.3, -0.25) is 0 Å². The molecule has 0 radical (unpaired) electrons. The van der Waals surface area contributed by atoms with Crippen LogP contribution in [-0.4, -0.2) is 21.6 Å². The minimum atomic E-state index is -2.14. The van der Waals surface area contributed by atoms with Crippen molar-refractivity contribution < 1.29 is 23.1 Å². The van der Waals surface area contributed by atoms with Crippen molar-refractivity contribution in [3.05, 3.63) is 83.7 Å². The van der Waals surface area contributed by atoms with Gasteiger partial charge in [0, 0.05) is 5.92 Å². The first-order valence-corrected chi connectivity index (χ1v) is 9.09. The van der Waals surface area contributed by atoms with E-state index in [2.05, 4.69) is 10.3 Å². The van der Waals surface area contributed by atoms with Crippen LogP contribution in [0.2, 0.25) is 0 Å². The molecule has 0 spiro atoms. The van der Waals surface area contributed by atoms with E-state index in [-0.39, 0.29) is 5.13 Å². The standard InChI is InChI=1S/C20H13F3N2O2S/c21-13-3-1-2-11(8-13)12-6-7-20(18(26)27,17(23)9-12)25-19-24-15-5-4-14(22)10-16(15)28-19/h1-10,12H,(H,24,25)(H,26,27). The van der Waals surface area contributed by atoms with Crippen LogP contribution in [0.25, 0.3) is 10.2 Å². The summed E-state index contributed by atoms with van der Waals surface area (Å²) in [5, 5.41) is 12.5. The number of rotatable bonds is 4. The minimum absolute atomic E-state index is 0.139. The van der Waals surface area contributed by atoms with E-state index in [9.17, 15) is 23.1 Å². The molecule has 4 rings (SSSR count). The lowest BCUT2D eigenvalue weighted by Crippen LogP contribution is -2.46. The second kappa shape index (κ2) is 6.79. The number of anilines is 1. The van der Waals surface area contributed by atoms with Gasteiger partial charge in [-0.15, -0.1) is 0 Å². The van der Waals surface area contributed by atoms with Crippen molar-refractivity contribution in [2.45, 2.75) is 11.5 Å². The number of aromatic nitrogens is 1. The molecule has 8 heteroatoms. The second-order valence-electron chi connectivity index (χ2n) is 6.32. The molecular formula is C20H13F3N2O2S. The van der Waals surface area contributed by atoms with E-state index in [1.165, 1.54) is 48.6 Å². The SMILES string of the molecule is O=C(O)C1(Nc2nc3ccc(F)cc3s2)C=CC(c2cccc(F)c2)C=C1F. The summed E-state index contributed by atoms with van der Waals surface area (Å²) in [4.78, 5) is 16.1. The highest BCUT2D eigenvalue weighted by atomic mass is 32.1. The molecule has 0 bridgehead atoms. The molecule has 3 aromatic rings. The van der Waals surface area contributed by atoms with Gasteiger partial charge in [0.25, 0.3) is 0 Å². The molecular weight excluding hydrogens is 389 g/mol. The first-order valence-electron chi connectivity index (χ1n) is 8.28. The number of benzene rings is 2. The number of aliphatic carboxylic acids is 1. The molecule has 0 amide bonds. The Kier molecular flexibility index (Phi) is 4.43. The molecule has 1 aliphatic rings. The Hall–Kier alpha value is -3.13. The van der Waals surface area contributed by atoms with E-state index in [1.807, 2.05) is 0 Å². The summed E-state index contributed by atoms with van der Waals surface area (Å²) >= 11 is 1.02. The zero-order chi connectivity index (χ0) is 19.9. The predicted octanol–water partition coefficient (Wildman–Crippen LogP) is 5.02. The Labute approximate surface area is 161 Å². The third-order valence-electron chi connectivity index (χ3n) is 4.48. The van der Waals surface area contributed by atoms with Crippen LogP contribution in [0.5, 0.6) is 0 Å². The van der Waals surface area contributed by atoms with Crippen molar-refractivity contribution in [3.8, 4) is 0 Å². The van der Waals surface area contributed by atoms with Crippen LogP contribution in [0.1, 0.15) is 11.5 Å². The summed E-state index contributed by atoms with van der Waals surface area (Å²) in [5.41, 5.74) is -1.17. The van der Waals surface area contributed by atoms with Gasteiger partial charge in [0.2, 0.25) is 5.54 Å². The number of thiazole rings is 1. The van der Waals surface area contributed by atoms with Crippen LogP contribution in [0.4, 0.5) is 18.3 Å². The Balaban J connectivity index is 1.69. The molecule has 142 valence electrons. The predicted molar refractivity (Wildman–Crippen MR) is 101 cm³/mol. The van der Waals surface area contributed by atoms with E-state index in [4.69, 9.17) is 0 Å². The lowest BCUT2D eigenvalue weighted by Gasteiger charge is -2.29. The fourth-order valence-corrected chi connectivity index (χ4v) is 4.00. The third kappa shape index (κ3) is 3.16. The average molecular weight is 402 g/mol. The summed E-state index contributed by atoms with van der Waals surface area (Å²) in [6, 6.07) is 9.64. The molecule has 28 heavy (non-hydrogen) atoms. The number of hydrogen-bond donors (Lipinski definition) is 2. The first kappa shape index (κ1) is 18.2. The van der Waals surface area contributed by atoms with E-state index < -0.39 is 34.9 Å². The zero-order valence-electron chi connectivity index (χ0n) is 14.2. The smallest absolute Gasteiger partial charge is 0.340 e. The maximum atomic E-state index is 15.0. The number of allylic oxidation sites excluding steroid dienone is 2. The fourth-order valence-electron chi connectivity index (χ4n) is 3.04. The summed E-state index contributed by atoms with van der Waals surface area (Å²) < 4.78 is 42.3. The van der Waals surface area contributed by atoms with Crippen LogP contribution in [0.15, 0.2) is 66.5 Å². The molecule has 0 saturated carbocycles. The second-order valence-corrected chi connectivity index (χ2v) is 7.35. The van der Waals surface area contributed by atoms with Gasteiger partial charge in [-0.2, -0.15) is 0 Å². The summed E-state index contributed by atoms with van der Waals surface area (Å²) in [5.74, 6) is -3.91. The number of halogens is 3. The molecule has 2 unspecified atom stereocenters. The highest BCUT2D eigenvalue weighted by Gasteiger charge is 2.44. The first-order chi connectivity index (χ1) is 13.4. The van der Waals surface area contributed by atoms with Crippen molar-refractivity contribution >= 4 is 32.7 Å². The summed E-state index contributed by atoms with van der Waals surface area (Å²) in [7, 11) is 0. The van der Waals surface area contributed by atoms with Crippen LogP contribution in [0.3, 0.4) is 0 Å². The molecule has 0 aliphatic heterocycles. The van der Waals surface area contributed by atoms with Gasteiger partial charge in [0.15, 0.2) is 5.13 Å². The van der Waals surface area contributed by atoms with E-state index >= 15 is 0 Å². The maximum Gasteiger partial charge on any atom is 0.340 e. The van der Waals surface area contributed by atoms with Crippen LogP contribution < -0.4 is 5.32 Å². The highest BCUT2D eigenvalue weighted by Crippen LogP contribution is 2.37. The monoisotopic (exact) mass is 402 g/mol. The number of hydrogen-bond acceptors (Lipinski definition) is 4. The van der Waals surface area contributed by atoms with Gasteiger partial charge >= 0.3 is 5.97 Å². The normalized spacial score (nSPS) is 21.5. The van der Waals surface area contributed by atoms with Crippen LogP contribution >= 0.6 is 11.3 Å². The number of nitrogens with one attached hydrogen (secondary N) is 1. The van der Waals surface area contributed by atoms with Crippen molar-refractivity contribution in [1.29, 1.82) is 0 Å². The van der Waals surface area contributed by atoms with Crippen molar-refractivity contribution in [1.82, 2.24) is 4.98 Å². The van der Waals surface area contributed by atoms with E-state index in [1.54, 1.807) is 6.07 Å². The zero-order valence-corrected chi connectivity index (χ0v) is 15.0. The van der Waals surface area contributed by atoms with E-state index in [0.29, 0.717) is 15.8 Å². The molecule has 2 N–H and O–H groups in total. The maximum absolute atomic E-state index is 15.0. The van der Waals surface area contributed by atoms with Gasteiger partial charge in [0.05, 0.1) is 10.2 Å². The van der Waals surface area contributed by atoms with Crippen molar-refractivity contribution in [2.75, 3.05) is 5.32 Å². The number of nitrogens with zero attached hydrogens (tertiary/aromatic N) is 1. The largest absolute Gasteiger partial charge is 0.479 e. The molecule has 0 saturated heterocycles. The van der Waals surface area contributed by atoms with Crippen molar-refractivity contribution in [3.63, 3.8) is 0 Å². The molecule has 4 nitrogen and oxygen atoms in total. The average Bonchev–Trinajstić information content (AvgIpc) is 3.04. The topological polar surface area (TPSA) is 62.2 Å². The Morgan fingerprint density at radius 3 is 2.64 bits per heavy atom. The lowest BCUT2D eigenvalue weighted by molar-refractivity contribution is -0.139. The molecule has 1 heterocycles. The molecule has 1 aromatic heterocycles. The quantitative estimate of drug-likeness (QED) is 0.602. The van der Waals surface area contributed by atoms with E-state index in [0.717, 1.165) is 17.4 Å². The minimum Gasteiger partial charge on any atom is -0.479 e. The number of carboxylic acids is 1. The molecule has 2 atom stereocenters. The van der Waals surface area contributed by atoms with Gasteiger partial charge in [-0.05, 0) is 48.0 Å². The molecule has 2 aromatic carbocycles. The summed E-state index contributed by atoms with van der Waals surface area (Å²) in [6.07, 6.45) is 3.81. The Morgan fingerprint density at radius 2 is 1.93 bits per heavy atom.